The van der Waals surface area contributed by atoms with Gasteiger partial charge in [-0.25, -0.2) is 0 Å². The van der Waals surface area contributed by atoms with E-state index in [1.54, 1.807) is 14.2 Å². The molecule has 2 atom stereocenters. The third-order valence-corrected chi connectivity index (χ3v) is 6.04. The van der Waals surface area contributed by atoms with Gasteiger partial charge in [0, 0.05) is 12.1 Å². The standard InChI is InChI=1S/C21H28ClN3O3/c1-13(12-25-15(3)20(22)14(2)23-25)21(26)24-10-6-7-18(24)17-11-16(27-4)8-9-19(17)28-5/h8-9,11,13,18H,6-7,10,12H2,1-5H3/t13-,18+/m0/s1. The number of benzene rings is 1. The van der Waals surface area contributed by atoms with Crippen molar-refractivity contribution >= 4 is 17.5 Å². The topological polar surface area (TPSA) is 56.6 Å². The smallest absolute Gasteiger partial charge is 0.227 e. The molecule has 1 amide bonds. The van der Waals surface area contributed by atoms with Crippen LogP contribution in [0.25, 0.3) is 0 Å². The van der Waals surface area contributed by atoms with E-state index in [1.165, 1.54) is 0 Å². The molecule has 6 nitrogen and oxygen atoms in total. The number of amides is 1. The van der Waals surface area contributed by atoms with Crippen molar-refractivity contribution in [2.75, 3.05) is 20.8 Å². The quantitative estimate of drug-likeness (QED) is 0.723. The van der Waals surface area contributed by atoms with Gasteiger partial charge < -0.3 is 14.4 Å². The molecule has 152 valence electrons. The number of methoxy groups -OCH3 is 2. The highest BCUT2D eigenvalue weighted by molar-refractivity contribution is 6.31. The lowest BCUT2D eigenvalue weighted by atomic mass is 10.0. The molecule has 1 aliphatic heterocycles. The Morgan fingerprint density at radius 3 is 2.68 bits per heavy atom. The molecular weight excluding hydrogens is 378 g/mol. The van der Waals surface area contributed by atoms with Gasteiger partial charge in [-0.05, 0) is 44.9 Å². The zero-order chi connectivity index (χ0) is 20.4. The van der Waals surface area contributed by atoms with Gasteiger partial charge >= 0.3 is 0 Å². The first-order chi connectivity index (χ1) is 13.4. The van der Waals surface area contributed by atoms with Crippen LogP contribution in [0.5, 0.6) is 11.5 Å². The van der Waals surface area contributed by atoms with Crippen LogP contribution in [0, 0.1) is 19.8 Å². The van der Waals surface area contributed by atoms with E-state index in [0.717, 1.165) is 47.8 Å². The number of aromatic nitrogens is 2. The molecule has 1 aromatic heterocycles. The Kier molecular flexibility index (Phi) is 6.18. The Morgan fingerprint density at radius 2 is 2.07 bits per heavy atom. The maximum atomic E-state index is 13.3. The molecule has 0 spiro atoms. The molecule has 1 aromatic carbocycles. The van der Waals surface area contributed by atoms with E-state index in [0.29, 0.717) is 11.6 Å². The average molecular weight is 406 g/mol. The number of rotatable bonds is 6. The molecule has 1 saturated heterocycles. The first-order valence-electron chi connectivity index (χ1n) is 9.59. The maximum Gasteiger partial charge on any atom is 0.227 e. The van der Waals surface area contributed by atoms with Crippen LogP contribution in [-0.4, -0.2) is 41.4 Å². The van der Waals surface area contributed by atoms with Gasteiger partial charge in [0.05, 0.1) is 49.1 Å². The fraction of sp³-hybridized carbons (Fsp3) is 0.524. The maximum absolute atomic E-state index is 13.3. The number of likely N-dealkylation sites (tertiary alicyclic amines) is 1. The zero-order valence-corrected chi connectivity index (χ0v) is 17.9. The van der Waals surface area contributed by atoms with Gasteiger partial charge in [-0.15, -0.1) is 0 Å². The van der Waals surface area contributed by atoms with Crippen molar-refractivity contribution in [1.29, 1.82) is 0 Å². The number of hydrogen-bond donors (Lipinski definition) is 0. The van der Waals surface area contributed by atoms with E-state index >= 15 is 0 Å². The fourth-order valence-electron chi connectivity index (χ4n) is 3.93. The van der Waals surface area contributed by atoms with Crippen molar-refractivity contribution in [2.45, 2.75) is 46.2 Å². The Balaban J connectivity index is 1.82. The van der Waals surface area contributed by atoms with E-state index in [1.807, 2.05) is 48.6 Å². The number of halogens is 1. The number of carbonyl (C=O) groups excluding carboxylic acids is 1. The lowest BCUT2D eigenvalue weighted by molar-refractivity contribution is -0.136. The molecule has 0 saturated carbocycles. The normalized spacial score (nSPS) is 17.6. The summed E-state index contributed by atoms with van der Waals surface area (Å²) < 4.78 is 12.8. The second kappa shape index (κ2) is 8.43. The van der Waals surface area contributed by atoms with Gasteiger partial charge in [-0.3, -0.25) is 9.48 Å². The van der Waals surface area contributed by atoms with E-state index in [-0.39, 0.29) is 17.9 Å². The van der Waals surface area contributed by atoms with E-state index < -0.39 is 0 Å². The van der Waals surface area contributed by atoms with Crippen molar-refractivity contribution in [3.05, 3.63) is 40.2 Å². The second-order valence-corrected chi connectivity index (χ2v) is 7.74. The molecule has 0 unspecified atom stereocenters. The average Bonchev–Trinajstić information content (AvgIpc) is 3.28. The molecule has 7 heteroatoms. The van der Waals surface area contributed by atoms with Crippen LogP contribution in [0.2, 0.25) is 5.02 Å². The van der Waals surface area contributed by atoms with Crippen LogP contribution >= 0.6 is 11.6 Å². The van der Waals surface area contributed by atoms with Crippen LogP contribution in [-0.2, 0) is 11.3 Å². The van der Waals surface area contributed by atoms with Gasteiger partial charge in [0.1, 0.15) is 11.5 Å². The summed E-state index contributed by atoms with van der Waals surface area (Å²) in [4.78, 5) is 15.2. The lowest BCUT2D eigenvalue weighted by Crippen LogP contribution is -2.36. The van der Waals surface area contributed by atoms with Gasteiger partial charge in [0.25, 0.3) is 0 Å². The molecule has 1 aliphatic rings. The van der Waals surface area contributed by atoms with Crippen LogP contribution in [0.3, 0.4) is 0 Å². The summed E-state index contributed by atoms with van der Waals surface area (Å²) in [5, 5.41) is 5.13. The van der Waals surface area contributed by atoms with Crippen molar-refractivity contribution in [3.63, 3.8) is 0 Å². The molecule has 0 bridgehead atoms. The lowest BCUT2D eigenvalue weighted by Gasteiger charge is -2.29. The predicted octanol–water partition coefficient (Wildman–Crippen LogP) is 4.17. The van der Waals surface area contributed by atoms with E-state index in [9.17, 15) is 4.79 Å². The molecule has 28 heavy (non-hydrogen) atoms. The van der Waals surface area contributed by atoms with Crippen LogP contribution in [0.15, 0.2) is 18.2 Å². The number of aryl methyl sites for hydroxylation is 1. The highest BCUT2D eigenvalue weighted by Crippen LogP contribution is 2.39. The Labute approximate surface area is 171 Å². The van der Waals surface area contributed by atoms with Crippen LogP contribution < -0.4 is 9.47 Å². The summed E-state index contributed by atoms with van der Waals surface area (Å²) in [6, 6.07) is 5.74. The highest BCUT2D eigenvalue weighted by Gasteiger charge is 2.34. The molecule has 1 fully saturated rings. The van der Waals surface area contributed by atoms with Gasteiger partial charge in [-0.2, -0.15) is 5.10 Å². The SMILES string of the molecule is COc1ccc(OC)c([C@H]2CCCN2C(=O)[C@@H](C)Cn2nc(C)c(Cl)c2C)c1. The van der Waals surface area contributed by atoms with E-state index in [4.69, 9.17) is 21.1 Å². The first kappa shape index (κ1) is 20.5. The Hall–Kier alpha value is -2.21. The van der Waals surface area contributed by atoms with Crippen molar-refractivity contribution in [2.24, 2.45) is 5.92 Å². The molecule has 0 radical (unpaired) electrons. The summed E-state index contributed by atoms with van der Waals surface area (Å²) in [7, 11) is 3.30. The molecule has 3 rings (SSSR count). The largest absolute Gasteiger partial charge is 0.497 e. The minimum Gasteiger partial charge on any atom is -0.497 e. The minimum absolute atomic E-state index is 0.0101. The second-order valence-electron chi connectivity index (χ2n) is 7.37. The molecule has 0 N–H and O–H groups in total. The summed E-state index contributed by atoms with van der Waals surface area (Å²) in [5.74, 6) is 1.46. The minimum atomic E-state index is -0.203. The monoisotopic (exact) mass is 405 g/mol. The third kappa shape index (κ3) is 3.83. The van der Waals surface area contributed by atoms with Crippen molar-refractivity contribution in [1.82, 2.24) is 14.7 Å². The van der Waals surface area contributed by atoms with E-state index in [2.05, 4.69) is 5.10 Å². The molecular formula is C21H28ClN3O3. The van der Waals surface area contributed by atoms with Crippen LogP contribution in [0.1, 0.15) is 42.8 Å². The third-order valence-electron chi connectivity index (χ3n) is 5.49. The number of nitrogens with zero attached hydrogens (tertiary/aromatic N) is 3. The van der Waals surface area contributed by atoms with Gasteiger partial charge in [0.15, 0.2) is 0 Å². The number of hydrogen-bond acceptors (Lipinski definition) is 4. The highest BCUT2D eigenvalue weighted by atomic mass is 35.5. The van der Waals surface area contributed by atoms with Crippen molar-refractivity contribution < 1.29 is 14.3 Å². The van der Waals surface area contributed by atoms with Crippen LogP contribution in [0.4, 0.5) is 0 Å². The number of carbonyl (C=O) groups is 1. The molecule has 2 aromatic rings. The summed E-state index contributed by atoms with van der Waals surface area (Å²) >= 11 is 6.25. The number of ether oxygens (including phenoxy) is 2. The van der Waals surface area contributed by atoms with Gasteiger partial charge in [-0.1, -0.05) is 18.5 Å². The predicted molar refractivity (Wildman–Crippen MR) is 109 cm³/mol. The molecule has 0 aliphatic carbocycles. The van der Waals surface area contributed by atoms with Gasteiger partial charge in [0.2, 0.25) is 5.91 Å². The Morgan fingerprint density at radius 1 is 1.32 bits per heavy atom. The molecule has 2 heterocycles. The fourth-order valence-corrected chi connectivity index (χ4v) is 4.06. The zero-order valence-electron chi connectivity index (χ0n) is 17.2. The summed E-state index contributed by atoms with van der Waals surface area (Å²) in [6.07, 6.45) is 1.88. The Bertz CT molecular complexity index is 865. The van der Waals surface area contributed by atoms with Crippen molar-refractivity contribution in [3.8, 4) is 11.5 Å². The summed E-state index contributed by atoms with van der Waals surface area (Å²) in [5.41, 5.74) is 2.68. The summed E-state index contributed by atoms with van der Waals surface area (Å²) in [6.45, 7) is 7.01. The first-order valence-corrected chi connectivity index (χ1v) is 9.97.